The molecule has 1 fully saturated rings. The van der Waals surface area contributed by atoms with Crippen LogP contribution >= 0.6 is 0 Å². The second kappa shape index (κ2) is 6.67. The van der Waals surface area contributed by atoms with Gasteiger partial charge in [0.05, 0.1) is 0 Å². The normalized spacial score (nSPS) is 22.0. The van der Waals surface area contributed by atoms with Gasteiger partial charge in [0.1, 0.15) is 0 Å². The smallest absolute Gasteiger partial charge is 0.279 e. The summed E-state index contributed by atoms with van der Waals surface area (Å²) < 4.78 is 28.4. The molecule has 2 rings (SSSR count). The lowest BCUT2D eigenvalue weighted by Crippen LogP contribution is -2.53. The molecule has 0 radical (unpaired) electrons. The lowest BCUT2D eigenvalue weighted by Gasteiger charge is -2.40. The zero-order valence-electron chi connectivity index (χ0n) is 12.1. The van der Waals surface area contributed by atoms with Gasteiger partial charge in [0.25, 0.3) is 10.2 Å². The van der Waals surface area contributed by atoms with Gasteiger partial charge in [-0.3, -0.25) is 4.90 Å². The number of likely N-dealkylation sites (N-methyl/N-ethyl adjacent to an activating group) is 1. The van der Waals surface area contributed by atoms with Crippen LogP contribution in [-0.4, -0.2) is 50.3 Å². The molecule has 1 aliphatic rings. The molecule has 1 unspecified atom stereocenters. The zero-order valence-corrected chi connectivity index (χ0v) is 12.9. The van der Waals surface area contributed by atoms with Crippen LogP contribution in [0, 0.1) is 0 Å². The fourth-order valence-electron chi connectivity index (χ4n) is 2.66. The highest BCUT2D eigenvalue weighted by Crippen LogP contribution is 2.26. The molecule has 0 aromatic heterocycles. The second-order valence-corrected chi connectivity index (χ2v) is 6.67. The van der Waals surface area contributed by atoms with Crippen LogP contribution in [0.5, 0.6) is 0 Å². The van der Waals surface area contributed by atoms with E-state index in [1.165, 1.54) is 5.56 Å². The van der Waals surface area contributed by atoms with Crippen molar-refractivity contribution in [2.75, 3.05) is 32.7 Å². The number of hydrogen-bond acceptors (Lipinski definition) is 3. The molecule has 0 bridgehead atoms. The number of nitrogens with zero attached hydrogens (tertiary/aromatic N) is 2. The molecule has 1 N–H and O–H groups in total. The van der Waals surface area contributed by atoms with Crippen LogP contribution in [-0.2, 0) is 10.2 Å². The van der Waals surface area contributed by atoms with Crippen LogP contribution in [0.25, 0.3) is 0 Å². The standard InChI is InChI=1S/C14H23N3O2S/c1-3-15-20(18,19)17-11-10-16(4-2)14(12-17)13-8-6-5-7-9-13/h5-9,14-15H,3-4,10-12H2,1-2H3. The molecule has 1 atom stereocenters. The zero-order chi connectivity index (χ0) is 14.6. The number of hydrogen-bond donors (Lipinski definition) is 1. The van der Waals surface area contributed by atoms with Crippen LogP contribution in [0.1, 0.15) is 25.5 Å². The van der Waals surface area contributed by atoms with Crippen molar-refractivity contribution in [1.29, 1.82) is 0 Å². The van der Waals surface area contributed by atoms with Crippen molar-refractivity contribution in [1.82, 2.24) is 13.9 Å². The molecule has 20 heavy (non-hydrogen) atoms. The summed E-state index contributed by atoms with van der Waals surface area (Å²) in [7, 11) is -3.35. The Labute approximate surface area is 121 Å². The molecule has 1 aromatic rings. The molecule has 0 saturated carbocycles. The van der Waals surface area contributed by atoms with Crippen molar-refractivity contribution < 1.29 is 8.42 Å². The lowest BCUT2D eigenvalue weighted by molar-refractivity contribution is 0.124. The second-order valence-electron chi connectivity index (χ2n) is 4.92. The quantitative estimate of drug-likeness (QED) is 0.889. The summed E-state index contributed by atoms with van der Waals surface area (Å²) in [6.07, 6.45) is 0. The Hall–Kier alpha value is -0.950. The minimum absolute atomic E-state index is 0.128. The summed E-state index contributed by atoms with van der Waals surface area (Å²) in [4.78, 5) is 2.33. The Bertz CT molecular complexity index is 518. The van der Waals surface area contributed by atoms with Crippen LogP contribution in [0.4, 0.5) is 0 Å². The Morgan fingerprint density at radius 1 is 1.20 bits per heavy atom. The van der Waals surface area contributed by atoms with E-state index in [1.807, 2.05) is 18.2 Å². The molecule has 1 aliphatic heterocycles. The highest BCUT2D eigenvalue weighted by atomic mass is 32.2. The van der Waals surface area contributed by atoms with Gasteiger partial charge in [-0.25, -0.2) is 4.72 Å². The van der Waals surface area contributed by atoms with Crippen molar-refractivity contribution >= 4 is 10.2 Å². The summed E-state index contributed by atoms with van der Waals surface area (Å²) in [6, 6.07) is 10.2. The number of piperazine rings is 1. The summed E-state index contributed by atoms with van der Waals surface area (Å²) in [5, 5.41) is 0. The Kier molecular flexibility index (Phi) is 5.15. The largest absolute Gasteiger partial charge is 0.294 e. The van der Waals surface area contributed by atoms with E-state index in [4.69, 9.17) is 0 Å². The Morgan fingerprint density at radius 3 is 2.50 bits per heavy atom. The summed E-state index contributed by atoms with van der Waals surface area (Å²) in [5.74, 6) is 0. The van der Waals surface area contributed by atoms with Crippen molar-refractivity contribution in [3.05, 3.63) is 35.9 Å². The number of rotatable bonds is 5. The summed E-state index contributed by atoms with van der Waals surface area (Å²) in [6.45, 7) is 7.08. The Morgan fingerprint density at radius 2 is 1.90 bits per heavy atom. The van der Waals surface area contributed by atoms with Gasteiger partial charge in [0.2, 0.25) is 0 Å². The van der Waals surface area contributed by atoms with Crippen molar-refractivity contribution in [3.8, 4) is 0 Å². The topological polar surface area (TPSA) is 52.7 Å². The van der Waals surface area contributed by atoms with Crippen molar-refractivity contribution in [3.63, 3.8) is 0 Å². The van der Waals surface area contributed by atoms with E-state index < -0.39 is 10.2 Å². The van der Waals surface area contributed by atoms with E-state index in [0.717, 1.165) is 13.1 Å². The van der Waals surface area contributed by atoms with Gasteiger partial charge in [-0.15, -0.1) is 0 Å². The molecule has 112 valence electrons. The first kappa shape index (κ1) is 15.4. The molecule has 1 saturated heterocycles. The van der Waals surface area contributed by atoms with Crippen molar-refractivity contribution in [2.24, 2.45) is 0 Å². The van der Waals surface area contributed by atoms with E-state index in [9.17, 15) is 8.42 Å². The maximum Gasteiger partial charge on any atom is 0.279 e. The lowest BCUT2D eigenvalue weighted by atomic mass is 10.0. The first-order chi connectivity index (χ1) is 9.58. The van der Waals surface area contributed by atoms with E-state index >= 15 is 0 Å². The predicted octanol–water partition coefficient (Wildman–Crippen LogP) is 1.22. The van der Waals surface area contributed by atoms with E-state index in [2.05, 4.69) is 28.7 Å². The molecule has 5 nitrogen and oxygen atoms in total. The maximum absolute atomic E-state index is 12.2. The predicted molar refractivity (Wildman–Crippen MR) is 80.6 cm³/mol. The third-order valence-electron chi connectivity index (χ3n) is 3.71. The highest BCUT2D eigenvalue weighted by Gasteiger charge is 2.32. The number of nitrogens with one attached hydrogen (secondary N) is 1. The molecule has 1 aromatic carbocycles. The molecular weight excluding hydrogens is 274 g/mol. The average molecular weight is 297 g/mol. The van der Waals surface area contributed by atoms with E-state index in [0.29, 0.717) is 19.6 Å². The molecular formula is C14H23N3O2S. The average Bonchev–Trinajstić information content (AvgIpc) is 2.47. The molecule has 0 amide bonds. The monoisotopic (exact) mass is 297 g/mol. The summed E-state index contributed by atoms with van der Waals surface area (Å²) >= 11 is 0. The third kappa shape index (κ3) is 3.38. The van der Waals surface area contributed by atoms with Gasteiger partial charge in [-0.2, -0.15) is 12.7 Å². The van der Waals surface area contributed by atoms with Crippen LogP contribution < -0.4 is 4.72 Å². The fourth-order valence-corrected chi connectivity index (χ4v) is 3.86. The highest BCUT2D eigenvalue weighted by molar-refractivity contribution is 7.87. The van der Waals surface area contributed by atoms with Gasteiger partial charge < -0.3 is 0 Å². The van der Waals surface area contributed by atoms with Crippen LogP contribution in [0.15, 0.2) is 30.3 Å². The fraction of sp³-hybridized carbons (Fsp3) is 0.571. The minimum Gasteiger partial charge on any atom is -0.294 e. The molecule has 0 spiro atoms. The molecule has 6 heteroatoms. The minimum atomic E-state index is -3.35. The van der Waals surface area contributed by atoms with E-state index in [-0.39, 0.29) is 6.04 Å². The maximum atomic E-state index is 12.2. The Balaban J connectivity index is 2.20. The van der Waals surface area contributed by atoms with Gasteiger partial charge in [0, 0.05) is 32.2 Å². The van der Waals surface area contributed by atoms with Gasteiger partial charge >= 0.3 is 0 Å². The first-order valence-electron chi connectivity index (χ1n) is 7.12. The van der Waals surface area contributed by atoms with E-state index in [1.54, 1.807) is 11.2 Å². The molecule has 0 aliphatic carbocycles. The SMILES string of the molecule is CCNS(=O)(=O)N1CCN(CC)C(c2ccccc2)C1. The van der Waals surface area contributed by atoms with Crippen molar-refractivity contribution in [2.45, 2.75) is 19.9 Å². The van der Waals surface area contributed by atoms with Crippen LogP contribution in [0.3, 0.4) is 0 Å². The first-order valence-corrected chi connectivity index (χ1v) is 8.56. The number of benzene rings is 1. The molecule has 1 heterocycles. The third-order valence-corrected chi connectivity index (χ3v) is 5.38. The summed E-state index contributed by atoms with van der Waals surface area (Å²) in [5.41, 5.74) is 1.17. The van der Waals surface area contributed by atoms with Gasteiger partial charge in [0.15, 0.2) is 0 Å². The van der Waals surface area contributed by atoms with Crippen LogP contribution in [0.2, 0.25) is 0 Å². The van der Waals surface area contributed by atoms with Gasteiger partial charge in [-0.1, -0.05) is 44.2 Å². The van der Waals surface area contributed by atoms with Gasteiger partial charge in [-0.05, 0) is 12.1 Å².